The molecule has 0 aliphatic heterocycles. The molecule has 0 saturated carbocycles. The normalized spacial score (nSPS) is 10.3. The van der Waals surface area contributed by atoms with Gasteiger partial charge in [0.1, 0.15) is 5.58 Å². The molecule has 0 bridgehead atoms. The third-order valence-electron chi connectivity index (χ3n) is 2.05. The first kappa shape index (κ1) is 10.2. The molecule has 16 heavy (non-hydrogen) atoms. The smallest absolute Gasteiger partial charge is 0.371 e. The monoisotopic (exact) mass is 219 g/mol. The second-order valence-corrected chi connectivity index (χ2v) is 3.35. The number of aromatic carboxylic acids is 1. The van der Waals surface area contributed by atoms with Crippen LogP contribution >= 0.6 is 0 Å². The molecule has 0 saturated heterocycles. The molecule has 1 heterocycles. The minimum absolute atomic E-state index is 0.116. The average Bonchev–Trinajstić information content (AvgIpc) is 2.59. The third-order valence-corrected chi connectivity index (χ3v) is 2.05. The number of furan rings is 1. The first-order valence-electron chi connectivity index (χ1n) is 4.61. The van der Waals surface area contributed by atoms with Gasteiger partial charge in [0.15, 0.2) is 0 Å². The summed E-state index contributed by atoms with van der Waals surface area (Å²) in [6.45, 7) is 1.41. The molecule has 1 amide bonds. The lowest BCUT2D eigenvalue weighted by molar-refractivity contribution is -0.114. The Bertz CT molecular complexity index is 570. The zero-order valence-electron chi connectivity index (χ0n) is 8.48. The van der Waals surface area contributed by atoms with Gasteiger partial charge < -0.3 is 14.8 Å². The van der Waals surface area contributed by atoms with Gasteiger partial charge in [-0.3, -0.25) is 4.79 Å². The van der Waals surface area contributed by atoms with E-state index in [2.05, 4.69) is 5.32 Å². The molecular formula is C11H9NO4. The molecule has 0 aliphatic rings. The Morgan fingerprint density at radius 1 is 1.31 bits per heavy atom. The maximum Gasteiger partial charge on any atom is 0.371 e. The number of anilines is 1. The summed E-state index contributed by atoms with van der Waals surface area (Å²) in [4.78, 5) is 21.5. The fourth-order valence-electron chi connectivity index (χ4n) is 1.43. The molecule has 5 heteroatoms. The molecule has 2 N–H and O–H groups in total. The van der Waals surface area contributed by atoms with Crippen LogP contribution < -0.4 is 5.32 Å². The number of rotatable bonds is 2. The van der Waals surface area contributed by atoms with Gasteiger partial charge in [0.25, 0.3) is 0 Å². The molecule has 2 aromatic rings. The van der Waals surface area contributed by atoms with E-state index in [0.29, 0.717) is 16.7 Å². The van der Waals surface area contributed by atoms with Crippen LogP contribution in [0.3, 0.4) is 0 Å². The number of benzene rings is 1. The highest BCUT2D eigenvalue weighted by molar-refractivity contribution is 5.95. The van der Waals surface area contributed by atoms with Crippen LogP contribution in [-0.2, 0) is 4.79 Å². The van der Waals surface area contributed by atoms with Crippen molar-refractivity contribution >= 4 is 28.5 Å². The van der Waals surface area contributed by atoms with Crippen molar-refractivity contribution in [2.24, 2.45) is 0 Å². The van der Waals surface area contributed by atoms with Gasteiger partial charge in [-0.2, -0.15) is 0 Å². The van der Waals surface area contributed by atoms with Crippen LogP contribution in [0.1, 0.15) is 17.5 Å². The van der Waals surface area contributed by atoms with Crippen molar-refractivity contribution in [1.82, 2.24) is 0 Å². The number of hydrogen-bond acceptors (Lipinski definition) is 3. The second-order valence-electron chi connectivity index (χ2n) is 3.35. The molecule has 0 fully saturated rings. The fraction of sp³-hybridized carbons (Fsp3) is 0.0909. The molecule has 0 atom stereocenters. The number of carboxylic acids is 1. The highest BCUT2D eigenvalue weighted by atomic mass is 16.4. The third kappa shape index (κ3) is 1.88. The molecule has 1 aromatic carbocycles. The van der Waals surface area contributed by atoms with E-state index >= 15 is 0 Å². The van der Waals surface area contributed by atoms with E-state index in [1.165, 1.54) is 13.0 Å². The quantitative estimate of drug-likeness (QED) is 0.810. The van der Waals surface area contributed by atoms with Crippen LogP contribution in [0.5, 0.6) is 0 Å². The van der Waals surface area contributed by atoms with E-state index in [1.54, 1.807) is 18.2 Å². The SMILES string of the molecule is CC(=O)Nc1ccc2oc(C(=O)O)cc2c1. The predicted molar refractivity (Wildman–Crippen MR) is 57.5 cm³/mol. The van der Waals surface area contributed by atoms with E-state index in [-0.39, 0.29) is 11.7 Å². The highest BCUT2D eigenvalue weighted by Crippen LogP contribution is 2.23. The van der Waals surface area contributed by atoms with Crippen molar-refractivity contribution in [1.29, 1.82) is 0 Å². The Kier molecular flexibility index (Phi) is 2.36. The van der Waals surface area contributed by atoms with Gasteiger partial charge in [0.2, 0.25) is 11.7 Å². The number of amides is 1. The van der Waals surface area contributed by atoms with Crippen LogP contribution in [-0.4, -0.2) is 17.0 Å². The number of carbonyl (C=O) groups is 2. The van der Waals surface area contributed by atoms with Gasteiger partial charge in [-0.05, 0) is 24.3 Å². The van der Waals surface area contributed by atoms with E-state index in [1.807, 2.05) is 0 Å². The zero-order valence-corrected chi connectivity index (χ0v) is 8.48. The zero-order chi connectivity index (χ0) is 11.7. The van der Waals surface area contributed by atoms with Gasteiger partial charge in [-0.25, -0.2) is 4.79 Å². The topological polar surface area (TPSA) is 79.5 Å². The van der Waals surface area contributed by atoms with Gasteiger partial charge in [-0.1, -0.05) is 0 Å². The van der Waals surface area contributed by atoms with E-state index < -0.39 is 5.97 Å². The summed E-state index contributed by atoms with van der Waals surface area (Å²) in [5.74, 6) is -1.41. The van der Waals surface area contributed by atoms with Crippen LogP contribution in [0.25, 0.3) is 11.0 Å². The second kappa shape index (κ2) is 3.69. The maximum absolute atomic E-state index is 10.8. The summed E-state index contributed by atoms with van der Waals surface area (Å²) >= 11 is 0. The van der Waals surface area contributed by atoms with Crippen LogP contribution in [0.15, 0.2) is 28.7 Å². The van der Waals surface area contributed by atoms with Crippen LogP contribution in [0.4, 0.5) is 5.69 Å². The number of hydrogen-bond donors (Lipinski definition) is 2. The Morgan fingerprint density at radius 2 is 2.06 bits per heavy atom. The molecule has 2 rings (SSSR count). The van der Waals surface area contributed by atoms with Crippen molar-refractivity contribution in [3.05, 3.63) is 30.0 Å². The first-order valence-corrected chi connectivity index (χ1v) is 4.61. The predicted octanol–water partition coefficient (Wildman–Crippen LogP) is 2.09. The largest absolute Gasteiger partial charge is 0.475 e. The lowest BCUT2D eigenvalue weighted by Crippen LogP contribution is -2.05. The number of carboxylic acid groups (broad SMARTS) is 1. The first-order chi connectivity index (χ1) is 7.56. The van der Waals surface area contributed by atoms with E-state index in [9.17, 15) is 9.59 Å². The maximum atomic E-state index is 10.8. The van der Waals surface area contributed by atoms with Crippen molar-refractivity contribution < 1.29 is 19.1 Å². The van der Waals surface area contributed by atoms with E-state index in [0.717, 1.165) is 0 Å². The van der Waals surface area contributed by atoms with E-state index in [4.69, 9.17) is 9.52 Å². The van der Waals surface area contributed by atoms with Gasteiger partial charge in [-0.15, -0.1) is 0 Å². The fourth-order valence-corrected chi connectivity index (χ4v) is 1.43. The highest BCUT2D eigenvalue weighted by Gasteiger charge is 2.10. The lowest BCUT2D eigenvalue weighted by Gasteiger charge is -2.00. The van der Waals surface area contributed by atoms with Crippen molar-refractivity contribution in [3.8, 4) is 0 Å². The molecule has 0 unspecified atom stereocenters. The molecule has 5 nitrogen and oxygen atoms in total. The van der Waals surface area contributed by atoms with Crippen molar-refractivity contribution in [3.63, 3.8) is 0 Å². The molecule has 0 spiro atoms. The minimum atomic E-state index is -1.11. The van der Waals surface area contributed by atoms with Gasteiger partial charge in [0, 0.05) is 18.0 Å². The van der Waals surface area contributed by atoms with Gasteiger partial charge in [0.05, 0.1) is 0 Å². The minimum Gasteiger partial charge on any atom is -0.475 e. The number of nitrogens with one attached hydrogen (secondary N) is 1. The summed E-state index contributed by atoms with van der Waals surface area (Å²) in [6, 6.07) is 6.35. The summed E-state index contributed by atoms with van der Waals surface area (Å²) in [5.41, 5.74) is 1.09. The Balaban J connectivity index is 2.45. The molecule has 82 valence electrons. The average molecular weight is 219 g/mol. The molecule has 1 aromatic heterocycles. The summed E-state index contributed by atoms with van der Waals surface area (Å²) in [5, 5.41) is 12.0. The van der Waals surface area contributed by atoms with Crippen molar-refractivity contribution in [2.45, 2.75) is 6.92 Å². The van der Waals surface area contributed by atoms with Crippen LogP contribution in [0.2, 0.25) is 0 Å². The molecule has 0 radical (unpaired) electrons. The number of carbonyl (C=O) groups excluding carboxylic acids is 1. The number of fused-ring (bicyclic) bond motifs is 1. The lowest BCUT2D eigenvalue weighted by atomic mass is 10.2. The summed E-state index contributed by atoms with van der Waals surface area (Å²) in [7, 11) is 0. The Labute approximate surface area is 90.7 Å². The Morgan fingerprint density at radius 3 is 2.69 bits per heavy atom. The Hall–Kier alpha value is -2.30. The summed E-state index contributed by atoms with van der Waals surface area (Å²) < 4.78 is 5.08. The van der Waals surface area contributed by atoms with Crippen molar-refractivity contribution in [2.75, 3.05) is 5.32 Å². The van der Waals surface area contributed by atoms with Gasteiger partial charge >= 0.3 is 5.97 Å². The van der Waals surface area contributed by atoms with Crippen LogP contribution in [0, 0.1) is 0 Å². The molecular weight excluding hydrogens is 210 g/mol. The summed E-state index contributed by atoms with van der Waals surface area (Å²) in [6.07, 6.45) is 0. The molecule has 0 aliphatic carbocycles. The standard InChI is InChI=1S/C11H9NO4/c1-6(13)12-8-2-3-9-7(4-8)5-10(16-9)11(14)15/h2-5H,1H3,(H,12,13)(H,14,15).